The number of hydrogen-bond acceptors (Lipinski definition) is 3. The van der Waals surface area contributed by atoms with Gasteiger partial charge in [-0.3, -0.25) is 4.98 Å². The molecule has 1 aromatic heterocycles. The van der Waals surface area contributed by atoms with Crippen molar-refractivity contribution in [2.75, 3.05) is 11.9 Å². The van der Waals surface area contributed by atoms with Crippen molar-refractivity contribution in [1.29, 1.82) is 0 Å². The van der Waals surface area contributed by atoms with E-state index in [0.717, 1.165) is 35.2 Å². The van der Waals surface area contributed by atoms with E-state index in [-0.39, 0.29) is 18.0 Å². The molecule has 4 heteroatoms. The van der Waals surface area contributed by atoms with Gasteiger partial charge in [-0.15, -0.1) is 0 Å². The van der Waals surface area contributed by atoms with E-state index in [4.69, 9.17) is 4.74 Å². The number of halogens is 1. The molecule has 2 aromatic carbocycles. The molecule has 1 fully saturated rings. The molecule has 1 unspecified atom stereocenters. The fraction of sp³-hybridized carbons (Fsp3) is 0.250. The molecule has 120 valence electrons. The quantitative estimate of drug-likeness (QED) is 0.710. The minimum atomic E-state index is -0.203. The van der Waals surface area contributed by atoms with Gasteiger partial charge in [-0.1, -0.05) is 18.2 Å². The minimum absolute atomic E-state index is 0.0594. The van der Waals surface area contributed by atoms with Crippen LogP contribution in [-0.4, -0.2) is 11.6 Å². The normalized spacial score (nSPS) is 25.1. The second-order valence-corrected chi connectivity index (χ2v) is 6.51. The first-order valence-corrected chi connectivity index (χ1v) is 8.32. The van der Waals surface area contributed by atoms with E-state index in [0.29, 0.717) is 5.92 Å². The summed E-state index contributed by atoms with van der Waals surface area (Å²) in [5.41, 5.74) is 4.40. The van der Waals surface area contributed by atoms with Crippen LogP contribution in [0.5, 0.6) is 0 Å². The topological polar surface area (TPSA) is 34.2 Å². The summed E-state index contributed by atoms with van der Waals surface area (Å²) in [5, 5.41) is 4.82. The Morgan fingerprint density at radius 3 is 2.83 bits per heavy atom. The lowest BCUT2D eigenvalue weighted by Gasteiger charge is -2.37. The van der Waals surface area contributed by atoms with Crippen molar-refractivity contribution in [3.05, 3.63) is 71.7 Å². The zero-order valence-corrected chi connectivity index (χ0v) is 13.1. The second kappa shape index (κ2) is 5.28. The molecule has 0 amide bonds. The van der Waals surface area contributed by atoms with Crippen LogP contribution in [0, 0.1) is 11.7 Å². The van der Waals surface area contributed by atoms with Crippen LogP contribution < -0.4 is 5.32 Å². The molecule has 1 N–H and O–H groups in total. The summed E-state index contributed by atoms with van der Waals surface area (Å²) in [5.74, 6) is 0.139. The zero-order chi connectivity index (χ0) is 16.1. The summed E-state index contributed by atoms with van der Waals surface area (Å²) in [4.78, 5) is 4.47. The average molecular weight is 320 g/mol. The second-order valence-electron chi connectivity index (χ2n) is 6.51. The van der Waals surface area contributed by atoms with Crippen LogP contribution in [0.2, 0.25) is 0 Å². The highest BCUT2D eigenvalue weighted by molar-refractivity contribution is 5.88. The van der Waals surface area contributed by atoms with Crippen molar-refractivity contribution < 1.29 is 9.13 Å². The Bertz CT molecular complexity index is 909. The van der Waals surface area contributed by atoms with Gasteiger partial charge in [0.15, 0.2) is 0 Å². The number of hydrogen-bond donors (Lipinski definition) is 1. The van der Waals surface area contributed by atoms with Gasteiger partial charge in [-0.25, -0.2) is 4.39 Å². The Balaban J connectivity index is 1.66. The lowest BCUT2D eigenvalue weighted by atomic mass is 9.80. The molecule has 3 nitrogen and oxygen atoms in total. The first-order valence-electron chi connectivity index (χ1n) is 8.32. The van der Waals surface area contributed by atoms with Gasteiger partial charge >= 0.3 is 0 Å². The van der Waals surface area contributed by atoms with E-state index in [9.17, 15) is 4.39 Å². The van der Waals surface area contributed by atoms with E-state index in [2.05, 4.69) is 22.4 Å². The number of pyridine rings is 1. The maximum atomic E-state index is 13.3. The van der Waals surface area contributed by atoms with Gasteiger partial charge in [0.1, 0.15) is 5.82 Å². The van der Waals surface area contributed by atoms with Crippen LogP contribution in [0.15, 0.2) is 54.7 Å². The molecule has 3 atom stereocenters. The molecule has 0 radical (unpaired) electrons. The number of benzene rings is 2. The van der Waals surface area contributed by atoms with Crippen LogP contribution in [-0.2, 0) is 4.74 Å². The molecule has 3 heterocycles. The highest BCUT2D eigenvalue weighted by Gasteiger charge is 2.42. The Kier molecular flexibility index (Phi) is 3.06. The van der Waals surface area contributed by atoms with Gasteiger partial charge in [0.25, 0.3) is 0 Å². The number of fused-ring (bicyclic) bond motifs is 5. The Morgan fingerprint density at radius 2 is 1.96 bits per heavy atom. The lowest BCUT2D eigenvalue weighted by molar-refractivity contribution is 0.0841. The van der Waals surface area contributed by atoms with E-state index in [1.807, 2.05) is 30.5 Å². The molecule has 1 saturated heterocycles. The molecule has 2 aliphatic rings. The first-order chi connectivity index (χ1) is 11.8. The van der Waals surface area contributed by atoms with Crippen molar-refractivity contribution in [3.8, 4) is 0 Å². The van der Waals surface area contributed by atoms with Gasteiger partial charge in [-0.2, -0.15) is 0 Å². The average Bonchev–Trinajstić information content (AvgIpc) is 3.11. The number of anilines is 1. The van der Waals surface area contributed by atoms with Crippen LogP contribution in [0.4, 0.5) is 10.1 Å². The predicted molar refractivity (Wildman–Crippen MR) is 91.3 cm³/mol. The number of ether oxygens (including phenoxy) is 1. The number of nitrogens with zero attached hydrogens (tertiary/aromatic N) is 1. The van der Waals surface area contributed by atoms with Crippen molar-refractivity contribution in [2.24, 2.45) is 5.92 Å². The molecule has 0 aliphatic carbocycles. The number of rotatable bonds is 1. The fourth-order valence-electron chi connectivity index (χ4n) is 4.13. The molecular weight excluding hydrogens is 303 g/mol. The molecule has 0 saturated carbocycles. The van der Waals surface area contributed by atoms with E-state index < -0.39 is 0 Å². The maximum Gasteiger partial charge on any atom is 0.123 e. The van der Waals surface area contributed by atoms with E-state index in [1.54, 1.807) is 0 Å². The van der Waals surface area contributed by atoms with Crippen LogP contribution in [0.1, 0.15) is 29.7 Å². The summed E-state index contributed by atoms with van der Waals surface area (Å²) in [6.07, 6.45) is 2.87. The third-order valence-electron chi connectivity index (χ3n) is 5.22. The smallest absolute Gasteiger partial charge is 0.123 e. The highest BCUT2D eigenvalue weighted by Crippen LogP contribution is 2.51. The predicted octanol–water partition coefficient (Wildman–Crippen LogP) is 4.62. The van der Waals surface area contributed by atoms with Gasteiger partial charge in [0, 0.05) is 35.4 Å². The molecule has 0 spiro atoms. The molecule has 3 aromatic rings. The van der Waals surface area contributed by atoms with Gasteiger partial charge in [-0.05, 0) is 42.3 Å². The number of nitrogens with one attached hydrogen (secondary N) is 1. The van der Waals surface area contributed by atoms with Crippen LogP contribution in [0.25, 0.3) is 10.9 Å². The highest BCUT2D eigenvalue weighted by atomic mass is 19.1. The number of aromatic nitrogens is 1. The Hall–Kier alpha value is -2.46. The van der Waals surface area contributed by atoms with Crippen LogP contribution in [0.3, 0.4) is 0 Å². The third-order valence-corrected chi connectivity index (χ3v) is 5.22. The van der Waals surface area contributed by atoms with Crippen molar-refractivity contribution in [2.45, 2.75) is 18.6 Å². The molecule has 0 bridgehead atoms. The van der Waals surface area contributed by atoms with E-state index >= 15 is 0 Å². The lowest BCUT2D eigenvalue weighted by Crippen LogP contribution is -2.29. The van der Waals surface area contributed by atoms with Crippen molar-refractivity contribution in [3.63, 3.8) is 0 Å². The van der Waals surface area contributed by atoms with Gasteiger partial charge in [0.05, 0.1) is 17.7 Å². The maximum absolute atomic E-state index is 13.3. The minimum Gasteiger partial charge on any atom is -0.378 e. The zero-order valence-electron chi connectivity index (χ0n) is 13.1. The third kappa shape index (κ3) is 2.03. The van der Waals surface area contributed by atoms with Crippen LogP contribution >= 0.6 is 0 Å². The monoisotopic (exact) mass is 320 g/mol. The van der Waals surface area contributed by atoms with Gasteiger partial charge < -0.3 is 10.1 Å². The Morgan fingerprint density at radius 1 is 1.08 bits per heavy atom. The molecular formula is C20H17FN2O. The molecule has 5 rings (SSSR count). The summed E-state index contributed by atoms with van der Waals surface area (Å²) in [7, 11) is 0. The summed E-state index contributed by atoms with van der Waals surface area (Å²) < 4.78 is 19.4. The van der Waals surface area contributed by atoms with Crippen molar-refractivity contribution in [1.82, 2.24) is 4.98 Å². The standard InChI is InChI=1S/C20H17FN2O/c21-13-5-3-12(4-6-13)19-15-9-11-24-20(15)18-14-2-1-10-22-16(14)7-8-17(18)23-19/h1-8,10,15,19-20,23H,9,11H2/t15-,19?,20-/m1/s1. The van der Waals surface area contributed by atoms with Gasteiger partial charge in [0.2, 0.25) is 0 Å². The summed E-state index contributed by atoms with van der Waals surface area (Å²) in [6.45, 7) is 0.755. The van der Waals surface area contributed by atoms with E-state index in [1.165, 1.54) is 17.7 Å². The fourth-order valence-corrected chi connectivity index (χ4v) is 4.13. The van der Waals surface area contributed by atoms with Crippen molar-refractivity contribution >= 4 is 16.6 Å². The molecule has 2 aliphatic heterocycles. The summed E-state index contributed by atoms with van der Waals surface area (Å²) in [6, 6.07) is 15.1. The SMILES string of the molecule is Fc1ccc(C2Nc3ccc4ncccc4c3[C@@H]3OCC[C@H]23)cc1. The Labute approximate surface area is 139 Å². The first kappa shape index (κ1) is 13.9. The molecule has 24 heavy (non-hydrogen) atoms. The largest absolute Gasteiger partial charge is 0.378 e. The summed E-state index contributed by atoms with van der Waals surface area (Å²) >= 11 is 0.